The second-order valence-corrected chi connectivity index (χ2v) is 6.67. The number of ether oxygens (including phenoxy) is 1. The summed E-state index contributed by atoms with van der Waals surface area (Å²) >= 11 is 6.27. The van der Waals surface area contributed by atoms with Gasteiger partial charge in [-0.1, -0.05) is 35.9 Å². The van der Waals surface area contributed by atoms with Gasteiger partial charge in [-0.05, 0) is 36.4 Å². The summed E-state index contributed by atoms with van der Waals surface area (Å²) in [6.45, 7) is 0. The van der Waals surface area contributed by atoms with E-state index in [9.17, 15) is 19.7 Å². The van der Waals surface area contributed by atoms with Crippen molar-refractivity contribution in [3.8, 4) is 17.1 Å². The van der Waals surface area contributed by atoms with Gasteiger partial charge in [-0.25, -0.2) is 4.79 Å². The fraction of sp³-hybridized carbons (Fsp3) is 0. The predicted octanol–water partition coefficient (Wildman–Crippen LogP) is 5.24. The van der Waals surface area contributed by atoms with E-state index >= 15 is 0 Å². The first-order chi connectivity index (χ1) is 14.5. The van der Waals surface area contributed by atoms with Crippen LogP contribution in [0.3, 0.4) is 0 Å². The van der Waals surface area contributed by atoms with Crippen molar-refractivity contribution >= 4 is 34.2 Å². The third kappa shape index (κ3) is 3.54. The molecule has 0 amide bonds. The van der Waals surface area contributed by atoms with Crippen LogP contribution in [-0.4, -0.2) is 10.9 Å². The van der Waals surface area contributed by atoms with Crippen molar-refractivity contribution in [2.24, 2.45) is 0 Å². The standard InChI is InChI=1S/C22H12ClNO6/c23-17-7-3-1-5-15(17)20-21(19(25)16-6-2-4-8-18(16)29-20)30-22(26)13-9-11-14(12-10-13)24(27)28/h1-12H. The topological polar surface area (TPSA) is 99.7 Å². The fourth-order valence-electron chi connectivity index (χ4n) is 2.91. The Balaban J connectivity index is 1.84. The first kappa shape index (κ1) is 19.4. The molecule has 3 aromatic carbocycles. The minimum atomic E-state index is -0.860. The van der Waals surface area contributed by atoms with E-state index in [4.69, 9.17) is 20.8 Å². The number of non-ortho nitro benzene ring substituents is 1. The number of halogens is 1. The lowest BCUT2D eigenvalue weighted by Crippen LogP contribution is -2.16. The number of para-hydroxylation sites is 1. The van der Waals surface area contributed by atoms with Crippen molar-refractivity contribution in [2.75, 3.05) is 0 Å². The molecule has 7 nitrogen and oxygen atoms in total. The molecule has 0 radical (unpaired) electrons. The summed E-state index contributed by atoms with van der Waals surface area (Å²) in [6.07, 6.45) is 0. The fourth-order valence-corrected chi connectivity index (χ4v) is 3.13. The maximum atomic E-state index is 13.1. The van der Waals surface area contributed by atoms with Crippen molar-refractivity contribution in [3.05, 3.63) is 104 Å². The van der Waals surface area contributed by atoms with Gasteiger partial charge in [0.1, 0.15) is 5.58 Å². The number of nitro benzene ring substituents is 1. The first-order valence-electron chi connectivity index (χ1n) is 8.73. The smallest absolute Gasteiger partial charge is 0.343 e. The highest BCUT2D eigenvalue weighted by atomic mass is 35.5. The molecule has 0 bridgehead atoms. The van der Waals surface area contributed by atoms with Gasteiger partial charge in [-0.2, -0.15) is 0 Å². The van der Waals surface area contributed by atoms with Crippen molar-refractivity contribution in [2.45, 2.75) is 0 Å². The zero-order chi connectivity index (χ0) is 21.3. The van der Waals surface area contributed by atoms with Crippen LogP contribution in [0.1, 0.15) is 10.4 Å². The SMILES string of the molecule is O=C(Oc1c(-c2ccccc2Cl)oc2ccccc2c1=O)c1ccc([N+](=O)[O-])cc1. The molecule has 0 atom stereocenters. The zero-order valence-corrected chi connectivity index (χ0v) is 16.0. The van der Waals surface area contributed by atoms with Crippen molar-refractivity contribution in [1.82, 2.24) is 0 Å². The van der Waals surface area contributed by atoms with Crippen LogP contribution < -0.4 is 10.2 Å². The highest BCUT2D eigenvalue weighted by Gasteiger charge is 2.23. The molecule has 0 aliphatic rings. The van der Waals surface area contributed by atoms with Crippen LogP contribution in [0.5, 0.6) is 5.75 Å². The molecule has 0 unspecified atom stereocenters. The minimum Gasteiger partial charge on any atom is -0.452 e. The summed E-state index contributed by atoms with van der Waals surface area (Å²) in [4.78, 5) is 35.9. The molecule has 0 N–H and O–H groups in total. The average molecular weight is 422 g/mol. The molecule has 0 aliphatic carbocycles. The molecular weight excluding hydrogens is 410 g/mol. The van der Waals surface area contributed by atoms with E-state index in [2.05, 4.69) is 0 Å². The molecule has 0 spiro atoms. The lowest BCUT2D eigenvalue weighted by atomic mass is 10.1. The lowest BCUT2D eigenvalue weighted by molar-refractivity contribution is -0.384. The molecule has 8 heteroatoms. The van der Waals surface area contributed by atoms with Gasteiger partial charge in [0.15, 0.2) is 5.76 Å². The molecule has 0 aliphatic heterocycles. The Hall–Kier alpha value is -3.97. The van der Waals surface area contributed by atoms with E-state index in [0.29, 0.717) is 16.2 Å². The Kier molecular flexibility index (Phi) is 5.04. The van der Waals surface area contributed by atoms with Crippen LogP contribution in [0.4, 0.5) is 5.69 Å². The Bertz CT molecular complexity index is 1340. The number of carbonyl (C=O) groups excluding carboxylic acids is 1. The van der Waals surface area contributed by atoms with Crippen molar-refractivity contribution in [1.29, 1.82) is 0 Å². The molecule has 4 aromatic rings. The van der Waals surface area contributed by atoms with Crippen LogP contribution in [0, 0.1) is 10.1 Å². The maximum absolute atomic E-state index is 13.1. The summed E-state index contributed by atoms with van der Waals surface area (Å²) in [5.41, 5.74) is 0.0231. The quantitative estimate of drug-likeness (QED) is 0.254. The molecule has 0 saturated heterocycles. The van der Waals surface area contributed by atoms with Gasteiger partial charge in [0, 0.05) is 17.7 Å². The lowest BCUT2D eigenvalue weighted by Gasteiger charge is -2.11. The monoisotopic (exact) mass is 421 g/mol. The molecule has 1 heterocycles. The van der Waals surface area contributed by atoms with Crippen LogP contribution >= 0.6 is 11.6 Å². The van der Waals surface area contributed by atoms with Crippen LogP contribution in [0.25, 0.3) is 22.3 Å². The second kappa shape index (κ2) is 7.81. The normalized spacial score (nSPS) is 10.7. The Morgan fingerprint density at radius 1 is 0.967 bits per heavy atom. The largest absolute Gasteiger partial charge is 0.452 e. The van der Waals surface area contributed by atoms with Gasteiger partial charge in [0.2, 0.25) is 11.2 Å². The van der Waals surface area contributed by atoms with Crippen molar-refractivity contribution in [3.63, 3.8) is 0 Å². The highest BCUT2D eigenvalue weighted by Crippen LogP contribution is 2.35. The zero-order valence-electron chi connectivity index (χ0n) is 15.2. The summed E-state index contributed by atoms with van der Waals surface area (Å²) < 4.78 is 11.3. The van der Waals surface area contributed by atoms with Gasteiger partial charge >= 0.3 is 5.97 Å². The van der Waals surface area contributed by atoms with Crippen LogP contribution in [0.15, 0.2) is 82.0 Å². The third-order valence-corrected chi connectivity index (χ3v) is 4.71. The number of fused-ring (bicyclic) bond motifs is 1. The molecule has 1 aromatic heterocycles. The third-order valence-electron chi connectivity index (χ3n) is 4.38. The van der Waals surface area contributed by atoms with E-state index in [-0.39, 0.29) is 28.1 Å². The van der Waals surface area contributed by atoms with E-state index in [1.165, 1.54) is 24.3 Å². The molecule has 0 fully saturated rings. The number of nitrogens with zero attached hydrogens (tertiary/aromatic N) is 1. The first-order valence-corrected chi connectivity index (χ1v) is 9.11. The number of nitro groups is 1. The number of esters is 1. The second-order valence-electron chi connectivity index (χ2n) is 6.26. The summed E-state index contributed by atoms with van der Waals surface area (Å²) in [5.74, 6) is -1.16. The van der Waals surface area contributed by atoms with Gasteiger partial charge in [-0.3, -0.25) is 14.9 Å². The van der Waals surface area contributed by atoms with Gasteiger partial charge in [0.05, 0.1) is 20.9 Å². The maximum Gasteiger partial charge on any atom is 0.343 e. The van der Waals surface area contributed by atoms with Gasteiger partial charge in [0.25, 0.3) is 5.69 Å². The summed E-state index contributed by atoms with van der Waals surface area (Å²) in [6, 6.07) is 18.1. The number of carbonyl (C=O) groups is 1. The molecule has 4 rings (SSSR count). The number of benzene rings is 3. The Morgan fingerprint density at radius 3 is 2.33 bits per heavy atom. The average Bonchev–Trinajstić information content (AvgIpc) is 2.76. The van der Waals surface area contributed by atoms with E-state index in [1.807, 2.05) is 0 Å². The molecule has 30 heavy (non-hydrogen) atoms. The number of hydrogen-bond donors (Lipinski definition) is 0. The number of rotatable bonds is 4. The van der Waals surface area contributed by atoms with E-state index in [0.717, 1.165) is 0 Å². The van der Waals surface area contributed by atoms with Crippen LogP contribution in [-0.2, 0) is 0 Å². The van der Waals surface area contributed by atoms with E-state index < -0.39 is 16.3 Å². The molecule has 0 saturated carbocycles. The minimum absolute atomic E-state index is 0.0135. The predicted molar refractivity (Wildman–Crippen MR) is 111 cm³/mol. The Labute approximate surface area is 174 Å². The summed E-state index contributed by atoms with van der Waals surface area (Å²) in [7, 11) is 0. The molecule has 148 valence electrons. The summed E-state index contributed by atoms with van der Waals surface area (Å²) in [5, 5.41) is 11.3. The van der Waals surface area contributed by atoms with Gasteiger partial charge in [-0.15, -0.1) is 0 Å². The van der Waals surface area contributed by atoms with Gasteiger partial charge < -0.3 is 9.15 Å². The van der Waals surface area contributed by atoms with Crippen molar-refractivity contribution < 1.29 is 18.9 Å². The Morgan fingerprint density at radius 2 is 1.63 bits per heavy atom. The highest BCUT2D eigenvalue weighted by molar-refractivity contribution is 6.33. The molecular formula is C22H12ClNO6. The van der Waals surface area contributed by atoms with E-state index in [1.54, 1.807) is 48.5 Å². The number of hydrogen-bond acceptors (Lipinski definition) is 6. The van der Waals surface area contributed by atoms with Crippen LogP contribution in [0.2, 0.25) is 5.02 Å².